The molecule has 0 saturated heterocycles. The van der Waals surface area contributed by atoms with Gasteiger partial charge in [-0.25, -0.2) is 4.79 Å². The lowest BCUT2D eigenvalue weighted by molar-refractivity contribution is -0.145. The number of aromatic nitrogens is 1. The van der Waals surface area contributed by atoms with Crippen LogP contribution in [-0.4, -0.2) is 42.5 Å². The van der Waals surface area contributed by atoms with Crippen LogP contribution in [-0.2, 0) is 25.5 Å². The summed E-state index contributed by atoms with van der Waals surface area (Å²) in [6.45, 7) is 3.71. The average Bonchev–Trinajstić information content (AvgIpc) is 2.69. The lowest BCUT2D eigenvalue weighted by atomic mass is 10.0. The van der Waals surface area contributed by atoms with Crippen LogP contribution in [0.1, 0.15) is 32.4 Å². The summed E-state index contributed by atoms with van der Waals surface area (Å²) in [5, 5.41) is 6.23. The van der Waals surface area contributed by atoms with E-state index in [1.54, 1.807) is 0 Å². The van der Waals surface area contributed by atoms with Gasteiger partial charge in [0.1, 0.15) is 6.04 Å². The minimum atomic E-state index is -0.712. The molecule has 0 radical (unpaired) electrons. The number of methoxy groups -OCH3 is 1. The Labute approximate surface area is 164 Å². The molecule has 0 aliphatic rings. The monoisotopic (exact) mass is 385 g/mol. The Kier molecular flexibility index (Phi) is 7.92. The number of carbonyl (C=O) groups is 3. The molecule has 1 aromatic carbocycles. The molecule has 2 rings (SSSR count). The van der Waals surface area contributed by atoms with E-state index in [-0.39, 0.29) is 24.8 Å². The quantitative estimate of drug-likeness (QED) is 0.644. The molecule has 1 aromatic heterocycles. The molecule has 2 N–H and O–H groups in total. The third kappa shape index (κ3) is 6.64. The normalized spacial score (nSPS) is 11.9. The smallest absolute Gasteiger partial charge is 0.328 e. The van der Waals surface area contributed by atoms with Crippen LogP contribution in [0.2, 0.25) is 0 Å². The van der Waals surface area contributed by atoms with Crippen molar-refractivity contribution in [3.63, 3.8) is 0 Å². The molecule has 0 aliphatic heterocycles. The number of benzene rings is 1. The van der Waals surface area contributed by atoms with Crippen molar-refractivity contribution in [1.82, 2.24) is 15.6 Å². The molecule has 7 nitrogen and oxygen atoms in total. The first-order chi connectivity index (χ1) is 13.4. The number of para-hydroxylation sites is 1. The topological polar surface area (TPSA) is 97.4 Å². The SMILES string of the molecule is COC(=O)[C@H](CC(C)C)NC(=O)CNC(=O)CCc1ccc2ccccc2n1. The maximum Gasteiger partial charge on any atom is 0.328 e. The van der Waals surface area contributed by atoms with Crippen molar-refractivity contribution < 1.29 is 19.1 Å². The van der Waals surface area contributed by atoms with Gasteiger partial charge in [0.25, 0.3) is 0 Å². The number of rotatable bonds is 9. The van der Waals surface area contributed by atoms with Crippen molar-refractivity contribution in [1.29, 1.82) is 0 Å². The number of nitrogens with one attached hydrogen (secondary N) is 2. The number of esters is 1. The fourth-order valence-corrected chi connectivity index (χ4v) is 2.83. The van der Waals surface area contributed by atoms with Crippen molar-refractivity contribution in [2.75, 3.05) is 13.7 Å². The summed E-state index contributed by atoms with van der Waals surface area (Å²) in [4.78, 5) is 40.3. The van der Waals surface area contributed by atoms with E-state index < -0.39 is 17.9 Å². The Morgan fingerprint density at radius 2 is 1.82 bits per heavy atom. The largest absolute Gasteiger partial charge is 0.467 e. The summed E-state index contributed by atoms with van der Waals surface area (Å²) in [5.41, 5.74) is 1.71. The van der Waals surface area contributed by atoms with E-state index >= 15 is 0 Å². The van der Waals surface area contributed by atoms with E-state index in [1.807, 2.05) is 50.2 Å². The summed E-state index contributed by atoms with van der Waals surface area (Å²) in [6.07, 6.45) is 1.18. The maximum absolute atomic E-state index is 12.0. The molecule has 0 unspecified atom stereocenters. The summed E-state index contributed by atoms with van der Waals surface area (Å²) in [7, 11) is 1.28. The molecule has 0 spiro atoms. The highest BCUT2D eigenvalue weighted by atomic mass is 16.5. The number of hydrogen-bond acceptors (Lipinski definition) is 5. The van der Waals surface area contributed by atoms with Crippen LogP contribution < -0.4 is 10.6 Å². The van der Waals surface area contributed by atoms with Gasteiger partial charge in [-0.05, 0) is 30.9 Å². The van der Waals surface area contributed by atoms with E-state index in [0.717, 1.165) is 16.6 Å². The predicted molar refractivity (Wildman–Crippen MR) is 106 cm³/mol. The minimum absolute atomic E-state index is 0.185. The Hall–Kier alpha value is -2.96. The van der Waals surface area contributed by atoms with E-state index in [4.69, 9.17) is 4.74 Å². The number of carbonyl (C=O) groups excluding carboxylic acids is 3. The van der Waals surface area contributed by atoms with Gasteiger partial charge in [-0.2, -0.15) is 0 Å². The van der Waals surface area contributed by atoms with Crippen molar-refractivity contribution in [3.8, 4) is 0 Å². The molecule has 2 aromatic rings. The molecule has 0 aliphatic carbocycles. The highest BCUT2D eigenvalue weighted by Gasteiger charge is 2.22. The first kappa shape index (κ1) is 21.3. The highest BCUT2D eigenvalue weighted by Crippen LogP contribution is 2.12. The number of aryl methyl sites for hydroxylation is 1. The predicted octanol–water partition coefficient (Wildman–Crippen LogP) is 1.99. The van der Waals surface area contributed by atoms with Gasteiger partial charge in [0.15, 0.2) is 0 Å². The summed E-state index contributed by atoms with van der Waals surface area (Å²) in [5.74, 6) is -0.944. The van der Waals surface area contributed by atoms with Crippen LogP contribution in [0.3, 0.4) is 0 Å². The Balaban J connectivity index is 1.78. The molecule has 0 fully saturated rings. The van der Waals surface area contributed by atoms with Crippen LogP contribution in [0.15, 0.2) is 36.4 Å². The first-order valence-electron chi connectivity index (χ1n) is 9.37. The third-order valence-electron chi connectivity index (χ3n) is 4.24. The molecule has 0 saturated carbocycles. The zero-order chi connectivity index (χ0) is 20.5. The van der Waals surface area contributed by atoms with Gasteiger partial charge in [0.05, 0.1) is 19.2 Å². The fourth-order valence-electron chi connectivity index (χ4n) is 2.83. The Morgan fingerprint density at radius 3 is 2.54 bits per heavy atom. The van der Waals surface area contributed by atoms with E-state index in [1.165, 1.54) is 7.11 Å². The zero-order valence-electron chi connectivity index (χ0n) is 16.5. The fraction of sp³-hybridized carbons (Fsp3) is 0.429. The molecule has 1 atom stereocenters. The second-order valence-electron chi connectivity index (χ2n) is 7.04. The van der Waals surface area contributed by atoms with Gasteiger partial charge in [0.2, 0.25) is 11.8 Å². The maximum atomic E-state index is 12.0. The van der Waals surface area contributed by atoms with Gasteiger partial charge >= 0.3 is 5.97 Å². The third-order valence-corrected chi connectivity index (χ3v) is 4.24. The number of amides is 2. The molecule has 150 valence electrons. The Morgan fingerprint density at radius 1 is 1.07 bits per heavy atom. The van der Waals surface area contributed by atoms with Crippen LogP contribution in [0.25, 0.3) is 10.9 Å². The summed E-state index contributed by atoms with van der Waals surface area (Å²) in [6, 6.07) is 11.0. The number of ether oxygens (including phenoxy) is 1. The van der Waals surface area contributed by atoms with Gasteiger partial charge in [0, 0.05) is 17.5 Å². The lowest BCUT2D eigenvalue weighted by Crippen LogP contribution is -2.46. The van der Waals surface area contributed by atoms with Crippen LogP contribution in [0.4, 0.5) is 0 Å². The standard InChI is InChI=1S/C21H27N3O4/c1-14(2)12-18(21(27)28-3)24-20(26)13-22-19(25)11-10-16-9-8-15-6-4-5-7-17(15)23-16/h4-9,14,18H,10-13H2,1-3H3,(H,22,25)(H,24,26)/t18-/m0/s1. The molecule has 0 bridgehead atoms. The Bertz CT molecular complexity index is 835. The van der Waals surface area contributed by atoms with Gasteiger partial charge < -0.3 is 15.4 Å². The molecular weight excluding hydrogens is 358 g/mol. The lowest BCUT2D eigenvalue weighted by Gasteiger charge is -2.18. The number of pyridine rings is 1. The molecule has 7 heteroatoms. The molecular formula is C21H27N3O4. The summed E-state index contributed by atoms with van der Waals surface area (Å²) < 4.78 is 4.71. The van der Waals surface area contributed by atoms with Gasteiger partial charge in [-0.15, -0.1) is 0 Å². The number of fused-ring (bicyclic) bond motifs is 1. The van der Waals surface area contributed by atoms with Crippen molar-refractivity contribution >= 4 is 28.7 Å². The van der Waals surface area contributed by atoms with Crippen molar-refractivity contribution in [2.45, 2.75) is 39.2 Å². The second kappa shape index (κ2) is 10.4. The molecule has 1 heterocycles. The van der Waals surface area contributed by atoms with E-state index in [0.29, 0.717) is 12.8 Å². The average molecular weight is 385 g/mol. The highest BCUT2D eigenvalue weighted by molar-refractivity contribution is 5.88. The zero-order valence-corrected chi connectivity index (χ0v) is 16.5. The molecule has 28 heavy (non-hydrogen) atoms. The first-order valence-corrected chi connectivity index (χ1v) is 9.37. The van der Waals surface area contributed by atoms with E-state index in [2.05, 4.69) is 15.6 Å². The van der Waals surface area contributed by atoms with Crippen LogP contribution in [0, 0.1) is 5.92 Å². The van der Waals surface area contributed by atoms with Crippen LogP contribution in [0.5, 0.6) is 0 Å². The summed E-state index contributed by atoms with van der Waals surface area (Å²) >= 11 is 0. The van der Waals surface area contributed by atoms with E-state index in [9.17, 15) is 14.4 Å². The van der Waals surface area contributed by atoms with Gasteiger partial charge in [-0.3, -0.25) is 14.6 Å². The van der Waals surface area contributed by atoms with Crippen molar-refractivity contribution in [2.24, 2.45) is 5.92 Å². The van der Waals surface area contributed by atoms with Gasteiger partial charge in [-0.1, -0.05) is 38.1 Å². The van der Waals surface area contributed by atoms with Crippen molar-refractivity contribution in [3.05, 3.63) is 42.1 Å². The number of nitrogens with zero attached hydrogens (tertiary/aromatic N) is 1. The van der Waals surface area contributed by atoms with Crippen LogP contribution >= 0.6 is 0 Å². The number of hydrogen-bond donors (Lipinski definition) is 2. The second-order valence-corrected chi connectivity index (χ2v) is 7.04. The minimum Gasteiger partial charge on any atom is -0.467 e. The molecule has 2 amide bonds.